The first-order chi connectivity index (χ1) is 16.2. The number of hydrogen-bond donors (Lipinski definition) is 1. The number of carbonyl (C=O) groups excluding carboxylic acids is 1. The second-order valence-corrected chi connectivity index (χ2v) is 8.94. The van der Waals surface area contributed by atoms with E-state index in [1.807, 2.05) is 35.4 Å². The highest BCUT2D eigenvalue weighted by molar-refractivity contribution is 5.99. The van der Waals surface area contributed by atoms with Gasteiger partial charge in [0.2, 0.25) is 5.91 Å². The maximum atomic E-state index is 13.8. The van der Waals surface area contributed by atoms with Crippen LogP contribution in [0.15, 0.2) is 60.9 Å². The van der Waals surface area contributed by atoms with Gasteiger partial charge in [-0.3, -0.25) is 9.78 Å². The lowest BCUT2D eigenvalue weighted by Crippen LogP contribution is -2.38. The van der Waals surface area contributed by atoms with Gasteiger partial charge < -0.3 is 15.0 Å². The van der Waals surface area contributed by atoms with Gasteiger partial charge in [-0.2, -0.15) is 0 Å². The summed E-state index contributed by atoms with van der Waals surface area (Å²) in [6.45, 7) is 0.524. The first-order valence-corrected chi connectivity index (χ1v) is 11.8. The number of nitrogens with zero attached hydrogens (tertiary/aromatic N) is 3. The van der Waals surface area contributed by atoms with Crippen LogP contribution < -0.4 is 10.2 Å². The Kier molecular flexibility index (Phi) is 6.35. The molecular formula is C27H30N4O2. The van der Waals surface area contributed by atoms with Crippen LogP contribution >= 0.6 is 0 Å². The van der Waals surface area contributed by atoms with Gasteiger partial charge in [0.25, 0.3) is 0 Å². The van der Waals surface area contributed by atoms with Crippen molar-refractivity contribution in [2.45, 2.75) is 51.2 Å². The zero-order valence-electron chi connectivity index (χ0n) is 19.0. The number of rotatable bonds is 5. The second kappa shape index (κ2) is 9.71. The largest absolute Gasteiger partial charge is 0.381 e. The van der Waals surface area contributed by atoms with Gasteiger partial charge in [-0.05, 0) is 74.4 Å². The van der Waals surface area contributed by atoms with E-state index in [-0.39, 0.29) is 17.9 Å². The molecule has 33 heavy (non-hydrogen) atoms. The van der Waals surface area contributed by atoms with Crippen LogP contribution in [-0.4, -0.2) is 29.1 Å². The van der Waals surface area contributed by atoms with Crippen LogP contribution in [0.3, 0.4) is 0 Å². The molecule has 1 fully saturated rings. The van der Waals surface area contributed by atoms with E-state index >= 15 is 0 Å². The number of hydrogen-bond acceptors (Lipinski definition) is 5. The van der Waals surface area contributed by atoms with E-state index in [9.17, 15) is 4.79 Å². The van der Waals surface area contributed by atoms with Gasteiger partial charge in [0.15, 0.2) is 0 Å². The molecule has 0 unspecified atom stereocenters. The van der Waals surface area contributed by atoms with E-state index in [4.69, 9.17) is 4.74 Å². The smallest absolute Gasteiger partial charge is 0.230 e. The van der Waals surface area contributed by atoms with Crippen molar-refractivity contribution in [2.75, 3.05) is 17.3 Å². The standard InChI is InChI=1S/C27H30N4O2/c1-33-23-12-9-20(10-13-23)27(32)31-18-21-5-4-16-29-26(21)30-24-14-8-19(17-25(24)31)7-11-22-6-2-3-15-28-22/h2-6,8,14-17,20,23H,7,9-13,18H2,1H3,(H,29,30). The van der Waals surface area contributed by atoms with Crippen LogP contribution in [0.2, 0.25) is 0 Å². The lowest BCUT2D eigenvalue weighted by atomic mass is 9.86. The van der Waals surface area contributed by atoms with Gasteiger partial charge in [0, 0.05) is 36.7 Å². The molecule has 1 saturated carbocycles. The van der Waals surface area contributed by atoms with Gasteiger partial charge in [-0.25, -0.2) is 4.98 Å². The molecule has 2 aliphatic rings. The summed E-state index contributed by atoms with van der Waals surface area (Å²) in [6, 6.07) is 16.4. The number of anilines is 3. The highest BCUT2D eigenvalue weighted by Crippen LogP contribution is 2.38. The van der Waals surface area contributed by atoms with Crippen molar-refractivity contribution in [1.29, 1.82) is 0 Å². The molecule has 0 atom stereocenters. The molecule has 0 saturated heterocycles. The second-order valence-electron chi connectivity index (χ2n) is 8.94. The third kappa shape index (κ3) is 4.76. The topological polar surface area (TPSA) is 67.3 Å². The molecular weight excluding hydrogens is 412 g/mol. The Labute approximate surface area is 195 Å². The Morgan fingerprint density at radius 2 is 1.88 bits per heavy atom. The van der Waals surface area contributed by atoms with Gasteiger partial charge in [-0.15, -0.1) is 0 Å². The minimum absolute atomic E-state index is 0.0275. The number of nitrogens with one attached hydrogen (secondary N) is 1. The fourth-order valence-electron chi connectivity index (χ4n) is 4.90. The number of methoxy groups -OCH3 is 1. The number of carbonyl (C=O) groups is 1. The summed E-state index contributed by atoms with van der Waals surface area (Å²) in [4.78, 5) is 24.7. The number of fused-ring (bicyclic) bond motifs is 2. The third-order valence-electron chi connectivity index (χ3n) is 6.84. The van der Waals surface area contributed by atoms with Crippen molar-refractivity contribution in [3.8, 4) is 0 Å². The number of amides is 1. The lowest BCUT2D eigenvalue weighted by Gasteiger charge is -2.32. The van der Waals surface area contributed by atoms with Crippen molar-refractivity contribution < 1.29 is 9.53 Å². The molecule has 1 aliphatic heterocycles. The Morgan fingerprint density at radius 3 is 2.67 bits per heavy atom. The minimum atomic E-state index is 0.0275. The summed E-state index contributed by atoms with van der Waals surface area (Å²) in [7, 11) is 1.76. The van der Waals surface area contributed by atoms with Gasteiger partial charge in [0.1, 0.15) is 5.82 Å². The van der Waals surface area contributed by atoms with Crippen LogP contribution in [0.25, 0.3) is 0 Å². The van der Waals surface area contributed by atoms with Gasteiger partial charge >= 0.3 is 0 Å². The van der Waals surface area contributed by atoms with Crippen LogP contribution in [0.5, 0.6) is 0 Å². The maximum absolute atomic E-state index is 13.8. The van der Waals surface area contributed by atoms with Crippen LogP contribution in [0.4, 0.5) is 17.2 Å². The molecule has 1 aromatic carbocycles. The predicted octanol–water partition coefficient (Wildman–Crippen LogP) is 5.06. The molecule has 0 bridgehead atoms. The predicted molar refractivity (Wildman–Crippen MR) is 130 cm³/mol. The third-order valence-corrected chi connectivity index (χ3v) is 6.84. The van der Waals surface area contributed by atoms with E-state index in [0.29, 0.717) is 6.54 Å². The SMILES string of the molecule is COC1CCC(C(=O)N2Cc3cccnc3Nc3ccc(CCc4ccccn4)cc32)CC1. The van der Waals surface area contributed by atoms with Crippen molar-refractivity contribution in [3.63, 3.8) is 0 Å². The summed E-state index contributed by atoms with van der Waals surface area (Å²) in [6.07, 6.45) is 9.25. The molecule has 0 radical (unpaired) electrons. The summed E-state index contributed by atoms with van der Waals surface area (Å²) in [5, 5.41) is 3.47. The first-order valence-electron chi connectivity index (χ1n) is 11.8. The van der Waals surface area contributed by atoms with Crippen LogP contribution in [0, 0.1) is 5.92 Å². The van der Waals surface area contributed by atoms with E-state index in [0.717, 1.165) is 67.0 Å². The molecule has 170 valence electrons. The summed E-state index contributed by atoms with van der Waals surface area (Å²) in [5.41, 5.74) is 5.16. The van der Waals surface area contributed by atoms with E-state index in [2.05, 4.69) is 39.6 Å². The fraction of sp³-hybridized carbons (Fsp3) is 0.370. The highest BCUT2D eigenvalue weighted by atomic mass is 16.5. The summed E-state index contributed by atoms with van der Waals surface area (Å²) >= 11 is 0. The van der Waals surface area contributed by atoms with Gasteiger partial charge in [-0.1, -0.05) is 18.2 Å². The number of ether oxygens (including phenoxy) is 1. The Morgan fingerprint density at radius 1 is 1.03 bits per heavy atom. The maximum Gasteiger partial charge on any atom is 0.230 e. The molecule has 3 heterocycles. The zero-order valence-corrected chi connectivity index (χ0v) is 19.0. The minimum Gasteiger partial charge on any atom is -0.381 e. The molecule has 6 heteroatoms. The Hall–Kier alpha value is -3.25. The van der Waals surface area contributed by atoms with Crippen molar-refractivity contribution in [1.82, 2.24) is 9.97 Å². The van der Waals surface area contributed by atoms with Crippen molar-refractivity contribution in [3.05, 3.63) is 77.7 Å². The zero-order chi connectivity index (χ0) is 22.6. The molecule has 2 aromatic heterocycles. The molecule has 0 spiro atoms. The van der Waals surface area contributed by atoms with Crippen LogP contribution in [-0.2, 0) is 28.9 Å². The molecule has 5 rings (SSSR count). The average molecular weight is 443 g/mol. The van der Waals surface area contributed by atoms with Gasteiger partial charge in [0.05, 0.1) is 24.0 Å². The van der Waals surface area contributed by atoms with E-state index in [1.165, 1.54) is 5.56 Å². The quantitative estimate of drug-likeness (QED) is 0.598. The number of benzene rings is 1. The Bertz CT molecular complexity index is 1110. The molecule has 1 aliphatic carbocycles. The lowest BCUT2D eigenvalue weighted by molar-refractivity contribution is -0.124. The highest BCUT2D eigenvalue weighted by Gasteiger charge is 2.32. The van der Waals surface area contributed by atoms with E-state index < -0.39 is 0 Å². The van der Waals surface area contributed by atoms with E-state index in [1.54, 1.807) is 13.3 Å². The normalized spacial score (nSPS) is 19.7. The molecule has 1 N–H and O–H groups in total. The summed E-state index contributed by atoms with van der Waals surface area (Å²) < 4.78 is 5.52. The summed E-state index contributed by atoms with van der Waals surface area (Å²) in [5.74, 6) is 1.05. The van der Waals surface area contributed by atoms with Crippen molar-refractivity contribution in [2.24, 2.45) is 5.92 Å². The fourth-order valence-corrected chi connectivity index (χ4v) is 4.90. The van der Waals surface area contributed by atoms with Crippen LogP contribution in [0.1, 0.15) is 42.5 Å². The number of aryl methyl sites for hydroxylation is 2. The monoisotopic (exact) mass is 442 g/mol. The molecule has 6 nitrogen and oxygen atoms in total. The molecule has 3 aromatic rings. The Balaban J connectivity index is 1.44. The average Bonchev–Trinajstić information content (AvgIpc) is 3.04. The van der Waals surface area contributed by atoms with Crippen molar-refractivity contribution >= 4 is 23.1 Å². The first kappa shape index (κ1) is 21.6. The number of aromatic nitrogens is 2. The number of pyridine rings is 2. The molecule has 1 amide bonds.